The van der Waals surface area contributed by atoms with Crippen LogP contribution in [0.1, 0.15) is 31.5 Å². The molecule has 0 radical (unpaired) electrons. The first-order valence-corrected chi connectivity index (χ1v) is 8.62. The van der Waals surface area contributed by atoms with Crippen LogP contribution in [0.2, 0.25) is 0 Å². The summed E-state index contributed by atoms with van der Waals surface area (Å²) in [7, 11) is 6.16. The molecule has 1 saturated heterocycles. The number of nitrogens with zero attached hydrogens (tertiary/aromatic N) is 4. The lowest BCUT2D eigenvalue weighted by molar-refractivity contribution is -0.0175. The molecule has 6 heteroatoms. The molecule has 0 unspecified atom stereocenters. The summed E-state index contributed by atoms with van der Waals surface area (Å²) in [4.78, 5) is 4.70. The van der Waals surface area contributed by atoms with Crippen molar-refractivity contribution in [1.82, 2.24) is 20.0 Å². The normalized spacial score (nSPS) is 18.9. The van der Waals surface area contributed by atoms with Gasteiger partial charge in [-0.05, 0) is 20.3 Å². The summed E-state index contributed by atoms with van der Waals surface area (Å²) in [6.45, 7) is 12.3. The summed E-state index contributed by atoms with van der Waals surface area (Å²) >= 11 is 0. The fraction of sp³-hybridized carbons (Fsp3) is 0.824. The molecule has 6 nitrogen and oxygen atoms in total. The molecule has 1 aromatic heterocycles. The molecule has 0 bridgehead atoms. The Balaban J connectivity index is 2.00. The molecule has 1 fully saturated rings. The van der Waals surface area contributed by atoms with Crippen molar-refractivity contribution >= 4 is 5.82 Å². The molecule has 0 spiro atoms. The molecule has 0 aliphatic carbocycles. The number of rotatable bonds is 7. The van der Waals surface area contributed by atoms with E-state index in [-0.39, 0.29) is 5.54 Å². The second kappa shape index (κ2) is 7.64. The molecular weight excluding hydrogens is 290 g/mol. The predicted molar refractivity (Wildman–Crippen MR) is 95.1 cm³/mol. The average Bonchev–Trinajstić information content (AvgIpc) is 2.82. The Morgan fingerprint density at radius 1 is 1.30 bits per heavy atom. The molecule has 0 amide bonds. The molecule has 23 heavy (non-hydrogen) atoms. The SMILES string of the molecule is CC[C@](C)(CNCc1c(C)nn(C)c1N(C)C)N1CCOCC1. The van der Waals surface area contributed by atoms with Gasteiger partial charge < -0.3 is 15.0 Å². The van der Waals surface area contributed by atoms with Gasteiger partial charge in [0.05, 0.1) is 18.9 Å². The van der Waals surface area contributed by atoms with Crippen LogP contribution in [0.15, 0.2) is 0 Å². The standard InChI is InChI=1S/C17H33N5O/c1-7-17(3,22-8-10-23-11-9-22)13-18-12-15-14(2)19-21(6)16(15)20(4)5/h18H,7-13H2,1-6H3/t17-/m1/s1. The molecule has 1 aromatic rings. The maximum atomic E-state index is 5.50. The molecule has 2 heterocycles. The summed E-state index contributed by atoms with van der Waals surface area (Å²) in [5.41, 5.74) is 2.57. The van der Waals surface area contributed by atoms with E-state index in [1.165, 1.54) is 11.4 Å². The van der Waals surface area contributed by atoms with E-state index in [0.717, 1.165) is 51.5 Å². The smallest absolute Gasteiger partial charge is 0.130 e. The average molecular weight is 323 g/mol. The third-order valence-electron chi connectivity index (χ3n) is 5.08. The second-order valence-electron chi connectivity index (χ2n) is 6.96. The Kier molecular flexibility index (Phi) is 6.06. The van der Waals surface area contributed by atoms with E-state index in [2.05, 4.69) is 55.1 Å². The minimum atomic E-state index is 0.179. The zero-order valence-electron chi connectivity index (χ0n) is 15.6. The van der Waals surface area contributed by atoms with Crippen LogP contribution in [0.5, 0.6) is 0 Å². The Morgan fingerprint density at radius 2 is 1.96 bits per heavy atom. The molecule has 1 atom stereocenters. The zero-order valence-corrected chi connectivity index (χ0v) is 15.6. The van der Waals surface area contributed by atoms with E-state index in [4.69, 9.17) is 4.74 Å². The van der Waals surface area contributed by atoms with E-state index in [9.17, 15) is 0 Å². The van der Waals surface area contributed by atoms with Gasteiger partial charge in [-0.3, -0.25) is 9.58 Å². The van der Waals surface area contributed by atoms with Gasteiger partial charge in [-0.2, -0.15) is 5.10 Å². The third-order valence-corrected chi connectivity index (χ3v) is 5.08. The zero-order chi connectivity index (χ0) is 17.0. The largest absolute Gasteiger partial charge is 0.379 e. The van der Waals surface area contributed by atoms with Gasteiger partial charge in [-0.25, -0.2) is 0 Å². The van der Waals surface area contributed by atoms with Crippen molar-refractivity contribution in [3.05, 3.63) is 11.3 Å². The van der Waals surface area contributed by atoms with Crippen LogP contribution in [0.3, 0.4) is 0 Å². The maximum absolute atomic E-state index is 5.50. The van der Waals surface area contributed by atoms with Crippen molar-refractivity contribution in [2.24, 2.45) is 7.05 Å². The summed E-state index contributed by atoms with van der Waals surface area (Å²) in [5, 5.41) is 8.24. The van der Waals surface area contributed by atoms with Gasteiger partial charge >= 0.3 is 0 Å². The molecule has 0 saturated carbocycles. The van der Waals surface area contributed by atoms with Crippen molar-refractivity contribution in [3.63, 3.8) is 0 Å². The van der Waals surface area contributed by atoms with Gasteiger partial charge in [0.2, 0.25) is 0 Å². The van der Waals surface area contributed by atoms with Crippen LogP contribution < -0.4 is 10.2 Å². The topological polar surface area (TPSA) is 45.6 Å². The number of hydrogen-bond acceptors (Lipinski definition) is 5. The van der Waals surface area contributed by atoms with E-state index >= 15 is 0 Å². The molecule has 132 valence electrons. The van der Waals surface area contributed by atoms with Crippen molar-refractivity contribution in [2.75, 3.05) is 51.8 Å². The predicted octanol–water partition coefficient (Wildman–Crippen LogP) is 1.39. The number of nitrogens with one attached hydrogen (secondary N) is 1. The molecule has 0 aromatic carbocycles. The first kappa shape index (κ1) is 18.2. The van der Waals surface area contributed by atoms with Crippen molar-refractivity contribution in [2.45, 2.75) is 39.3 Å². The molecule has 1 N–H and O–H groups in total. The van der Waals surface area contributed by atoms with Crippen molar-refractivity contribution in [3.8, 4) is 0 Å². The lowest BCUT2D eigenvalue weighted by Crippen LogP contribution is -2.56. The van der Waals surface area contributed by atoms with Gasteiger partial charge in [0.25, 0.3) is 0 Å². The molecule has 2 rings (SSSR count). The van der Waals surface area contributed by atoms with Crippen LogP contribution in [-0.4, -0.2) is 67.2 Å². The highest BCUT2D eigenvalue weighted by molar-refractivity contribution is 5.48. The minimum Gasteiger partial charge on any atom is -0.379 e. The van der Waals surface area contributed by atoms with Gasteiger partial charge in [0, 0.05) is 58.4 Å². The first-order valence-electron chi connectivity index (χ1n) is 8.62. The number of ether oxygens (including phenoxy) is 1. The lowest BCUT2D eigenvalue weighted by atomic mass is 9.95. The third kappa shape index (κ3) is 4.05. The fourth-order valence-corrected chi connectivity index (χ4v) is 3.48. The van der Waals surface area contributed by atoms with Gasteiger partial charge in [-0.1, -0.05) is 6.92 Å². The van der Waals surface area contributed by atoms with Crippen molar-refractivity contribution < 1.29 is 4.74 Å². The Labute approximate surface area is 140 Å². The second-order valence-corrected chi connectivity index (χ2v) is 6.96. The highest BCUT2D eigenvalue weighted by Gasteiger charge is 2.31. The maximum Gasteiger partial charge on any atom is 0.130 e. The van der Waals surface area contributed by atoms with E-state index in [0.29, 0.717) is 0 Å². The minimum absolute atomic E-state index is 0.179. The Morgan fingerprint density at radius 3 is 2.52 bits per heavy atom. The van der Waals surface area contributed by atoms with Crippen LogP contribution in [0.4, 0.5) is 5.82 Å². The number of morpholine rings is 1. The van der Waals surface area contributed by atoms with Gasteiger partial charge in [0.15, 0.2) is 0 Å². The lowest BCUT2D eigenvalue weighted by Gasteiger charge is -2.43. The first-order chi connectivity index (χ1) is 10.9. The summed E-state index contributed by atoms with van der Waals surface area (Å²) in [5.74, 6) is 1.18. The highest BCUT2D eigenvalue weighted by Crippen LogP contribution is 2.23. The van der Waals surface area contributed by atoms with Crippen LogP contribution in [0, 0.1) is 6.92 Å². The quantitative estimate of drug-likeness (QED) is 0.821. The Bertz CT molecular complexity index is 507. The number of hydrogen-bond donors (Lipinski definition) is 1. The molecule has 1 aliphatic rings. The number of aromatic nitrogens is 2. The van der Waals surface area contributed by atoms with E-state index in [1.807, 2.05) is 11.7 Å². The Hall–Kier alpha value is -1.11. The van der Waals surface area contributed by atoms with Crippen LogP contribution in [0.25, 0.3) is 0 Å². The van der Waals surface area contributed by atoms with E-state index < -0.39 is 0 Å². The summed E-state index contributed by atoms with van der Waals surface area (Å²) in [6, 6.07) is 0. The van der Waals surface area contributed by atoms with Crippen LogP contribution >= 0.6 is 0 Å². The number of aryl methyl sites for hydroxylation is 2. The van der Waals surface area contributed by atoms with Gasteiger partial charge in [0.1, 0.15) is 5.82 Å². The monoisotopic (exact) mass is 323 g/mol. The van der Waals surface area contributed by atoms with E-state index in [1.54, 1.807) is 0 Å². The van der Waals surface area contributed by atoms with Crippen LogP contribution in [-0.2, 0) is 18.3 Å². The summed E-state index contributed by atoms with van der Waals surface area (Å²) < 4.78 is 7.46. The van der Waals surface area contributed by atoms with Crippen molar-refractivity contribution in [1.29, 1.82) is 0 Å². The fourth-order valence-electron chi connectivity index (χ4n) is 3.48. The molecular formula is C17H33N5O. The summed E-state index contributed by atoms with van der Waals surface area (Å²) in [6.07, 6.45) is 1.13. The van der Waals surface area contributed by atoms with Gasteiger partial charge in [-0.15, -0.1) is 0 Å². The highest BCUT2D eigenvalue weighted by atomic mass is 16.5. The number of anilines is 1. The molecule has 1 aliphatic heterocycles.